The Bertz CT molecular complexity index is 496. The zero-order valence-electron chi connectivity index (χ0n) is 7.60. The van der Waals surface area contributed by atoms with E-state index in [0.29, 0.717) is 0 Å². The SMILES string of the molecule is N#CCc1c([N+](=O)[O-])ccc(C#N)c1N. The highest BCUT2D eigenvalue weighted by Gasteiger charge is 2.18. The number of nitriles is 2. The summed E-state index contributed by atoms with van der Waals surface area (Å²) in [5.41, 5.74) is 5.56. The Labute approximate surface area is 85.3 Å². The number of nitrogens with zero attached hydrogens (tertiary/aromatic N) is 3. The van der Waals surface area contributed by atoms with Gasteiger partial charge in [0.15, 0.2) is 0 Å². The van der Waals surface area contributed by atoms with Gasteiger partial charge in [0.2, 0.25) is 0 Å². The second kappa shape index (κ2) is 4.07. The van der Waals surface area contributed by atoms with Crippen LogP contribution in [0.15, 0.2) is 12.1 Å². The maximum atomic E-state index is 10.6. The van der Waals surface area contributed by atoms with Crippen molar-refractivity contribution in [3.05, 3.63) is 33.4 Å². The van der Waals surface area contributed by atoms with E-state index in [-0.39, 0.29) is 28.9 Å². The zero-order chi connectivity index (χ0) is 11.4. The highest BCUT2D eigenvalue weighted by molar-refractivity contribution is 5.66. The molecule has 0 heterocycles. The minimum atomic E-state index is -0.621. The number of nitro benzene ring substituents is 1. The van der Waals surface area contributed by atoms with Crippen molar-refractivity contribution in [2.75, 3.05) is 5.73 Å². The van der Waals surface area contributed by atoms with Gasteiger partial charge in [-0.1, -0.05) is 0 Å². The summed E-state index contributed by atoms with van der Waals surface area (Å²) in [6.45, 7) is 0. The second-order valence-corrected chi connectivity index (χ2v) is 2.73. The van der Waals surface area contributed by atoms with Crippen molar-refractivity contribution in [3.8, 4) is 12.1 Å². The number of rotatable bonds is 2. The fourth-order valence-corrected chi connectivity index (χ4v) is 1.19. The monoisotopic (exact) mass is 202 g/mol. The smallest absolute Gasteiger partial charge is 0.275 e. The molecule has 15 heavy (non-hydrogen) atoms. The Morgan fingerprint density at radius 1 is 1.47 bits per heavy atom. The maximum Gasteiger partial charge on any atom is 0.275 e. The lowest BCUT2D eigenvalue weighted by Crippen LogP contribution is -2.02. The Morgan fingerprint density at radius 2 is 2.13 bits per heavy atom. The van der Waals surface area contributed by atoms with Gasteiger partial charge in [0.05, 0.1) is 34.2 Å². The Kier molecular flexibility index (Phi) is 2.85. The Balaban J connectivity index is 3.47. The van der Waals surface area contributed by atoms with E-state index in [1.165, 1.54) is 12.1 Å². The summed E-state index contributed by atoms with van der Waals surface area (Å²) >= 11 is 0. The molecule has 0 aliphatic carbocycles. The van der Waals surface area contributed by atoms with Crippen LogP contribution in [0, 0.1) is 32.8 Å². The standard InChI is InChI=1S/C9H6N4O2/c10-4-3-7-8(13(14)15)2-1-6(5-11)9(7)12/h1-2H,3,12H2. The summed E-state index contributed by atoms with van der Waals surface area (Å²) in [4.78, 5) is 9.99. The van der Waals surface area contributed by atoms with Crippen molar-refractivity contribution >= 4 is 11.4 Å². The maximum absolute atomic E-state index is 10.6. The molecule has 0 aromatic heterocycles. The third-order valence-electron chi connectivity index (χ3n) is 1.91. The molecule has 1 rings (SSSR count). The van der Waals surface area contributed by atoms with Crippen molar-refractivity contribution in [3.63, 3.8) is 0 Å². The molecule has 2 N–H and O–H groups in total. The average Bonchev–Trinajstić information content (AvgIpc) is 2.20. The molecular weight excluding hydrogens is 196 g/mol. The van der Waals surface area contributed by atoms with Gasteiger partial charge in [0.1, 0.15) is 6.07 Å². The van der Waals surface area contributed by atoms with Gasteiger partial charge in [-0.2, -0.15) is 10.5 Å². The van der Waals surface area contributed by atoms with E-state index in [1.807, 2.05) is 0 Å². The number of hydrogen-bond acceptors (Lipinski definition) is 5. The van der Waals surface area contributed by atoms with E-state index in [1.54, 1.807) is 12.1 Å². The van der Waals surface area contributed by atoms with Crippen LogP contribution in [0.3, 0.4) is 0 Å². The lowest BCUT2D eigenvalue weighted by molar-refractivity contribution is -0.385. The van der Waals surface area contributed by atoms with Crippen LogP contribution >= 0.6 is 0 Å². The number of nitrogens with two attached hydrogens (primary N) is 1. The van der Waals surface area contributed by atoms with Crippen molar-refractivity contribution in [1.82, 2.24) is 0 Å². The van der Waals surface area contributed by atoms with Crippen molar-refractivity contribution < 1.29 is 4.92 Å². The Morgan fingerprint density at radius 3 is 2.60 bits per heavy atom. The van der Waals surface area contributed by atoms with Crippen molar-refractivity contribution in [1.29, 1.82) is 10.5 Å². The quantitative estimate of drug-likeness (QED) is 0.438. The summed E-state index contributed by atoms with van der Waals surface area (Å²) < 4.78 is 0. The third-order valence-corrected chi connectivity index (χ3v) is 1.91. The van der Waals surface area contributed by atoms with Gasteiger partial charge in [-0.05, 0) is 6.07 Å². The molecule has 0 bridgehead atoms. The molecule has 0 aliphatic heterocycles. The number of nitrogen functional groups attached to an aromatic ring is 1. The summed E-state index contributed by atoms with van der Waals surface area (Å²) in [6, 6.07) is 6.04. The van der Waals surface area contributed by atoms with Crippen LogP contribution in [0.4, 0.5) is 11.4 Å². The van der Waals surface area contributed by atoms with Gasteiger partial charge >= 0.3 is 0 Å². The molecule has 1 aromatic rings. The molecule has 0 amide bonds. The summed E-state index contributed by atoms with van der Waals surface area (Å²) in [5, 5.41) is 27.8. The molecular formula is C9H6N4O2. The van der Waals surface area contributed by atoms with Crippen LogP contribution < -0.4 is 5.73 Å². The second-order valence-electron chi connectivity index (χ2n) is 2.73. The van der Waals surface area contributed by atoms with Crippen LogP contribution in [-0.4, -0.2) is 4.92 Å². The van der Waals surface area contributed by atoms with Crippen LogP contribution in [0.5, 0.6) is 0 Å². The molecule has 6 heteroatoms. The normalized spacial score (nSPS) is 8.93. The molecule has 0 saturated carbocycles. The molecule has 0 unspecified atom stereocenters. The van der Waals surface area contributed by atoms with Gasteiger partial charge in [-0.15, -0.1) is 0 Å². The highest BCUT2D eigenvalue weighted by Crippen LogP contribution is 2.27. The lowest BCUT2D eigenvalue weighted by atomic mass is 10.0. The van der Waals surface area contributed by atoms with Crippen molar-refractivity contribution in [2.45, 2.75) is 6.42 Å². The minimum Gasteiger partial charge on any atom is -0.397 e. The predicted molar refractivity (Wildman–Crippen MR) is 51.5 cm³/mol. The molecule has 0 spiro atoms. The first-order chi connectivity index (χ1) is 7.11. The lowest BCUT2D eigenvalue weighted by Gasteiger charge is -2.03. The van der Waals surface area contributed by atoms with Crippen LogP contribution in [0.1, 0.15) is 11.1 Å². The number of anilines is 1. The van der Waals surface area contributed by atoms with Gasteiger partial charge < -0.3 is 5.73 Å². The first-order valence-corrected chi connectivity index (χ1v) is 3.94. The van der Waals surface area contributed by atoms with E-state index in [0.717, 1.165) is 0 Å². The van der Waals surface area contributed by atoms with Crippen LogP contribution in [0.25, 0.3) is 0 Å². The number of hydrogen-bond donors (Lipinski definition) is 1. The topological polar surface area (TPSA) is 117 Å². The largest absolute Gasteiger partial charge is 0.397 e. The van der Waals surface area contributed by atoms with E-state index < -0.39 is 4.92 Å². The van der Waals surface area contributed by atoms with Gasteiger partial charge in [0, 0.05) is 6.07 Å². The van der Waals surface area contributed by atoms with Gasteiger partial charge in [-0.3, -0.25) is 10.1 Å². The predicted octanol–water partition coefficient (Wildman–Crippen LogP) is 1.11. The van der Waals surface area contributed by atoms with Gasteiger partial charge in [0.25, 0.3) is 5.69 Å². The van der Waals surface area contributed by atoms with Crippen LogP contribution in [-0.2, 0) is 6.42 Å². The third kappa shape index (κ3) is 1.84. The fraction of sp³-hybridized carbons (Fsp3) is 0.111. The molecule has 1 aromatic carbocycles. The zero-order valence-corrected chi connectivity index (χ0v) is 7.60. The summed E-state index contributed by atoms with van der Waals surface area (Å²) in [6.07, 6.45) is -0.183. The molecule has 0 atom stereocenters. The van der Waals surface area contributed by atoms with E-state index in [2.05, 4.69) is 0 Å². The van der Waals surface area contributed by atoms with E-state index in [4.69, 9.17) is 16.3 Å². The van der Waals surface area contributed by atoms with Gasteiger partial charge in [-0.25, -0.2) is 0 Å². The first kappa shape index (κ1) is 10.5. The Hall–Kier alpha value is -2.60. The van der Waals surface area contributed by atoms with E-state index in [9.17, 15) is 10.1 Å². The summed E-state index contributed by atoms with van der Waals surface area (Å²) in [7, 11) is 0. The average molecular weight is 202 g/mol. The van der Waals surface area contributed by atoms with Crippen LogP contribution in [0.2, 0.25) is 0 Å². The molecule has 74 valence electrons. The molecule has 0 fully saturated rings. The molecule has 0 aliphatic rings. The number of nitro groups is 1. The fourth-order valence-electron chi connectivity index (χ4n) is 1.19. The first-order valence-electron chi connectivity index (χ1n) is 3.94. The minimum absolute atomic E-state index is 0.00764. The molecule has 0 saturated heterocycles. The highest BCUT2D eigenvalue weighted by atomic mass is 16.6. The summed E-state index contributed by atoms with van der Waals surface area (Å²) in [5.74, 6) is 0. The molecule has 0 radical (unpaired) electrons. The van der Waals surface area contributed by atoms with E-state index >= 15 is 0 Å². The number of benzene rings is 1. The molecule has 6 nitrogen and oxygen atoms in total. The van der Waals surface area contributed by atoms with Crippen molar-refractivity contribution in [2.24, 2.45) is 0 Å².